The maximum absolute atomic E-state index is 5.83. The molecule has 2 N–H and O–H groups in total. The van der Waals surface area contributed by atoms with Crippen molar-refractivity contribution in [3.63, 3.8) is 0 Å². The van der Waals surface area contributed by atoms with Crippen molar-refractivity contribution in [1.82, 2.24) is 4.90 Å². The average Bonchev–Trinajstić information content (AvgIpc) is 2.43. The van der Waals surface area contributed by atoms with Gasteiger partial charge in [-0.2, -0.15) is 0 Å². The lowest BCUT2D eigenvalue weighted by Crippen LogP contribution is -2.45. The minimum atomic E-state index is 0.331. The molecule has 0 aliphatic carbocycles. The Labute approximate surface area is 121 Å². The number of rotatable bonds is 6. The Hall–Kier alpha value is -1.10. The van der Waals surface area contributed by atoms with E-state index in [2.05, 4.69) is 18.7 Å². The van der Waals surface area contributed by atoms with Crippen LogP contribution in [0.5, 0.6) is 5.75 Å². The summed E-state index contributed by atoms with van der Waals surface area (Å²) in [5.74, 6) is 0.915. The number of hydrogen-bond donors (Lipinski definition) is 1. The van der Waals surface area contributed by atoms with Crippen LogP contribution in [-0.4, -0.2) is 43.3 Å². The molecule has 0 saturated carbocycles. The Bertz CT molecular complexity index is 401. The van der Waals surface area contributed by atoms with E-state index in [4.69, 9.17) is 15.2 Å². The van der Waals surface area contributed by atoms with E-state index in [9.17, 15) is 0 Å². The molecule has 0 aromatic heterocycles. The van der Waals surface area contributed by atoms with Crippen LogP contribution in [0, 0.1) is 0 Å². The van der Waals surface area contributed by atoms with Gasteiger partial charge in [-0.05, 0) is 26.3 Å². The summed E-state index contributed by atoms with van der Waals surface area (Å²) in [4.78, 5) is 2.46. The van der Waals surface area contributed by atoms with Gasteiger partial charge in [-0.15, -0.1) is 0 Å². The van der Waals surface area contributed by atoms with Crippen LogP contribution in [-0.2, 0) is 11.3 Å². The molecule has 0 radical (unpaired) electrons. The van der Waals surface area contributed by atoms with Crippen LogP contribution < -0.4 is 10.5 Å². The molecule has 1 heterocycles. The smallest absolute Gasteiger partial charge is 0.123 e. The number of para-hydroxylation sites is 1. The van der Waals surface area contributed by atoms with Crippen molar-refractivity contribution in [2.24, 2.45) is 5.73 Å². The van der Waals surface area contributed by atoms with E-state index < -0.39 is 0 Å². The molecule has 4 heteroatoms. The number of nitrogens with zero attached hydrogens (tertiary/aromatic N) is 1. The predicted molar refractivity (Wildman–Crippen MR) is 80.9 cm³/mol. The van der Waals surface area contributed by atoms with Crippen LogP contribution in [0.25, 0.3) is 0 Å². The Morgan fingerprint density at radius 3 is 2.65 bits per heavy atom. The Morgan fingerprint density at radius 2 is 1.95 bits per heavy atom. The van der Waals surface area contributed by atoms with Gasteiger partial charge in [0.2, 0.25) is 0 Å². The third kappa shape index (κ3) is 4.47. The van der Waals surface area contributed by atoms with E-state index in [1.165, 1.54) is 0 Å². The molecule has 0 amide bonds. The van der Waals surface area contributed by atoms with Gasteiger partial charge in [0.15, 0.2) is 0 Å². The van der Waals surface area contributed by atoms with E-state index in [0.717, 1.165) is 44.0 Å². The van der Waals surface area contributed by atoms with Crippen molar-refractivity contribution in [1.29, 1.82) is 0 Å². The first-order valence-electron chi connectivity index (χ1n) is 7.47. The van der Waals surface area contributed by atoms with Gasteiger partial charge in [-0.1, -0.05) is 18.2 Å². The van der Waals surface area contributed by atoms with Gasteiger partial charge in [-0.25, -0.2) is 0 Å². The van der Waals surface area contributed by atoms with Gasteiger partial charge in [0.05, 0.1) is 18.8 Å². The van der Waals surface area contributed by atoms with Crippen molar-refractivity contribution >= 4 is 0 Å². The molecular weight excluding hydrogens is 252 g/mol. The fraction of sp³-hybridized carbons (Fsp3) is 0.625. The van der Waals surface area contributed by atoms with Gasteiger partial charge < -0.3 is 15.2 Å². The number of ether oxygens (including phenoxy) is 2. The second kappa shape index (κ2) is 7.62. The van der Waals surface area contributed by atoms with Crippen LogP contribution in [0.2, 0.25) is 0 Å². The van der Waals surface area contributed by atoms with Gasteiger partial charge >= 0.3 is 0 Å². The molecule has 1 aliphatic heterocycles. The lowest BCUT2D eigenvalue weighted by Gasteiger charge is -2.35. The van der Waals surface area contributed by atoms with Crippen molar-refractivity contribution in [2.45, 2.75) is 39.0 Å². The molecule has 1 aromatic carbocycles. The van der Waals surface area contributed by atoms with Gasteiger partial charge in [0, 0.05) is 31.7 Å². The summed E-state index contributed by atoms with van der Waals surface area (Å²) in [7, 11) is 0. The van der Waals surface area contributed by atoms with E-state index >= 15 is 0 Å². The molecule has 0 bridgehead atoms. The number of benzene rings is 1. The van der Waals surface area contributed by atoms with Crippen molar-refractivity contribution in [2.75, 3.05) is 26.2 Å². The highest BCUT2D eigenvalue weighted by Gasteiger charge is 2.21. The van der Waals surface area contributed by atoms with E-state index in [-0.39, 0.29) is 0 Å². The molecule has 2 rings (SSSR count). The second-order valence-electron chi connectivity index (χ2n) is 5.53. The molecule has 0 unspecified atom stereocenters. The standard InChI is InChI=1S/C16H26N2O2/c1-13-11-18(12-14(2)20-13)8-5-9-19-16-7-4-3-6-15(16)10-17/h3-4,6-7,13-14H,5,8-12,17H2,1-2H3/t13-,14+. The minimum absolute atomic E-state index is 0.331. The summed E-state index contributed by atoms with van der Waals surface area (Å²) in [5, 5.41) is 0. The van der Waals surface area contributed by atoms with Crippen LogP contribution in [0.4, 0.5) is 0 Å². The summed E-state index contributed by atoms with van der Waals surface area (Å²) < 4.78 is 11.6. The van der Waals surface area contributed by atoms with Gasteiger partial charge in [-0.3, -0.25) is 4.90 Å². The predicted octanol–water partition coefficient (Wildman–Crippen LogP) is 2.02. The fourth-order valence-corrected chi connectivity index (χ4v) is 2.75. The van der Waals surface area contributed by atoms with Crippen LogP contribution in [0.1, 0.15) is 25.8 Å². The quantitative estimate of drug-likeness (QED) is 0.809. The molecule has 0 spiro atoms. The molecular formula is C16H26N2O2. The second-order valence-corrected chi connectivity index (χ2v) is 5.53. The molecule has 112 valence electrons. The van der Waals surface area contributed by atoms with Crippen LogP contribution >= 0.6 is 0 Å². The first kappa shape index (κ1) is 15.3. The van der Waals surface area contributed by atoms with Crippen LogP contribution in [0.15, 0.2) is 24.3 Å². The largest absolute Gasteiger partial charge is 0.493 e. The van der Waals surface area contributed by atoms with E-state index in [1.807, 2.05) is 24.3 Å². The van der Waals surface area contributed by atoms with Gasteiger partial charge in [0.25, 0.3) is 0 Å². The third-order valence-electron chi connectivity index (χ3n) is 3.56. The molecule has 2 atom stereocenters. The highest BCUT2D eigenvalue weighted by molar-refractivity contribution is 5.32. The maximum Gasteiger partial charge on any atom is 0.123 e. The summed E-state index contributed by atoms with van der Waals surface area (Å²) in [5.41, 5.74) is 6.77. The molecule has 4 nitrogen and oxygen atoms in total. The SMILES string of the molecule is C[C@@H]1CN(CCCOc2ccccc2CN)C[C@H](C)O1. The molecule has 1 aromatic rings. The summed E-state index contributed by atoms with van der Waals surface area (Å²) >= 11 is 0. The lowest BCUT2D eigenvalue weighted by atomic mass is 10.2. The Kier molecular flexibility index (Phi) is 5.83. The Morgan fingerprint density at radius 1 is 1.25 bits per heavy atom. The zero-order valence-electron chi connectivity index (χ0n) is 12.5. The van der Waals surface area contributed by atoms with Crippen molar-refractivity contribution < 1.29 is 9.47 Å². The first-order valence-corrected chi connectivity index (χ1v) is 7.47. The summed E-state index contributed by atoms with van der Waals surface area (Å²) in [6.45, 7) is 8.62. The Balaban J connectivity index is 1.71. The number of morpholine rings is 1. The minimum Gasteiger partial charge on any atom is -0.493 e. The van der Waals surface area contributed by atoms with Crippen LogP contribution in [0.3, 0.4) is 0 Å². The maximum atomic E-state index is 5.83. The molecule has 1 fully saturated rings. The van der Waals surface area contributed by atoms with Gasteiger partial charge in [0.1, 0.15) is 5.75 Å². The number of nitrogens with two attached hydrogens (primary N) is 1. The zero-order chi connectivity index (χ0) is 14.4. The van der Waals surface area contributed by atoms with Crippen molar-refractivity contribution in [3.05, 3.63) is 29.8 Å². The van der Waals surface area contributed by atoms with E-state index in [0.29, 0.717) is 18.8 Å². The highest BCUT2D eigenvalue weighted by atomic mass is 16.5. The topological polar surface area (TPSA) is 47.7 Å². The summed E-state index contributed by atoms with van der Waals surface area (Å²) in [6, 6.07) is 7.98. The van der Waals surface area contributed by atoms with Crippen molar-refractivity contribution in [3.8, 4) is 5.75 Å². The monoisotopic (exact) mass is 278 g/mol. The zero-order valence-corrected chi connectivity index (χ0v) is 12.5. The molecule has 1 saturated heterocycles. The first-order chi connectivity index (χ1) is 9.69. The molecule has 1 aliphatic rings. The normalized spacial score (nSPS) is 23.8. The lowest BCUT2D eigenvalue weighted by molar-refractivity contribution is -0.0686. The molecule has 20 heavy (non-hydrogen) atoms. The average molecular weight is 278 g/mol. The number of hydrogen-bond acceptors (Lipinski definition) is 4. The third-order valence-corrected chi connectivity index (χ3v) is 3.56. The van der Waals surface area contributed by atoms with E-state index in [1.54, 1.807) is 0 Å². The highest BCUT2D eigenvalue weighted by Crippen LogP contribution is 2.17. The summed E-state index contributed by atoms with van der Waals surface area (Å²) in [6.07, 6.45) is 1.69. The fourth-order valence-electron chi connectivity index (χ4n) is 2.75.